The number of hydrogen-bond acceptors (Lipinski definition) is 8. The average Bonchev–Trinajstić information content (AvgIpc) is 3.51. The lowest BCUT2D eigenvalue weighted by Crippen LogP contribution is -2.01. The zero-order valence-corrected chi connectivity index (χ0v) is 19.7. The van der Waals surface area contributed by atoms with Crippen LogP contribution in [0.4, 0.5) is 5.69 Å². The largest absolute Gasteiger partial charge is 0.496 e. The van der Waals surface area contributed by atoms with E-state index in [1.54, 1.807) is 13.2 Å². The third kappa shape index (κ3) is 6.07. The second-order valence-electron chi connectivity index (χ2n) is 7.15. The van der Waals surface area contributed by atoms with Crippen LogP contribution in [0.5, 0.6) is 11.5 Å². The van der Waals surface area contributed by atoms with Crippen molar-refractivity contribution in [3.8, 4) is 11.5 Å². The van der Waals surface area contributed by atoms with Gasteiger partial charge in [-0.2, -0.15) is 5.10 Å². The van der Waals surface area contributed by atoms with Gasteiger partial charge < -0.3 is 13.9 Å². The Kier molecular flexibility index (Phi) is 7.33. The van der Waals surface area contributed by atoms with Gasteiger partial charge in [0.1, 0.15) is 30.5 Å². The number of ether oxygens (including phenoxy) is 2. The summed E-state index contributed by atoms with van der Waals surface area (Å²) in [6.07, 6.45) is 6.54. The predicted octanol–water partition coefficient (Wildman–Crippen LogP) is 4.94. The van der Waals surface area contributed by atoms with Gasteiger partial charge in [-0.1, -0.05) is 22.0 Å². The summed E-state index contributed by atoms with van der Waals surface area (Å²) in [5, 5.41) is 22.7. The zero-order chi connectivity index (χ0) is 23.9. The van der Waals surface area contributed by atoms with Crippen molar-refractivity contribution in [2.75, 3.05) is 7.11 Å². The third-order valence-corrected chi connectivity index (χ3v) is 5.33. The molecular formula is C23H20BrN5O5. The van der Waals surface area contributed by atoms with Crippen molar-refractivity contribution < 1.29 is 18.8 Å². The summed E-state index contributed by atoms with van der Waals surface area (Å²) in [4.78, 5) is 10.2. The molecule has 0 fully saturated rings. The van der Waals surface area contributed by atoms with Gasteiger partial charge in [-0.05, 0) is 48.0 Å². The van der Waals surface area contributed by atoms with Crippen molar-refractivity contribution in [2.45, 2.75) is 19.6 Å². The Morgan fingerprint density at radius 2 is 2.00 bits per heavy atom. The molecule has 0 unspecified atom stereocenters. The van der Waals surface area contributed by atoms with Gasteiger partial charge in [0, 0.05) is 29.1 Å². The van der Waals surface area contributed by atoms with Gasteiger partial charge in [0.25, 0.3) is 0 Å². The Morgan fingerprint density at radius 1 is 1.18 bits per heavy atom. The Bertz CT molecular complexity index is 1300. The summed E-state index contributed by atoms with van der Waals surface area (Å²) in [5.74, 6) is 2.25. The first-order valence-electron chi connectivity index (χ1n) is 10.2. The fourth-order valence-corrected chi connectivity index (χ4v) is 3.35. The van der Waals surface area contributed by atoms with Gasteiger partial charge in [-0.15, -0.1) is 10.2 Å². The van der Waals surface area contributed by atoms with E-state index in [0.717, 1.165) is 27.1 Å². The number of aromatic nitrogens is 4. The number of halogens is 1. The van der Waals surface area contributed by atoms with Crippen molar-refractivity contribution in [2.24, 2.45) is 0 Å². The number of benzene rings is 2. The molecule has 0 N–H and O–H groups in total. The Labute approximate surface area is 203 Å². The van der Waals surface area contributed by atoms with Crippen LogP contribution in [0.25, 0.3) is 12.2 Å². The summed E-state index contributed by atoms with van der Waals surface area (Å²) in [6, 6.07) is 13.4. The van der Waals surface area contributed by atoms with E-state index in [1.807, 2.05) is 48.5 Å². The van der Waals surface area contributed by atoms with Crippen LogP contribution in [0, 0.1) is 10.1 Å². The first-order chi connectivity index (χ1) is 16.5. The van der Waals surface area contributed by atoms with Crippen LogP contribution < -0.4 is 9.47 Å². The van der Waals surface area contributed by atoms with Crippen molar-refractivity contribution in [3.05, 3.63) is 92.4 Å². The summed E-state index contributed by atoms with van der Waals surface area (Å²) in [5.41, 5.74) is 1.75. The van der Waals surface area contributed by atoms with Gasteiger partial charge in [0.15, 0.2) is 0 Å². The van der Waals surface area contributed by atoms with E-state index in [0.29, 0.717) is 31.4 Å². The maximum absolute atomic E-state index is 10.7. The first-order valence-corrected chi connectivity index (χ1v) is 11.0. The highest BCUT2D eigenvalue weighted by atomic mass is 79.9. The van der Waals surface area contributed by atoms with Crippen LogP contribution in [-0.4, -0.2) is 32.0 Å². The molecule has 0 saturated carbocycles. The smallest absolute Gasteiger partial charge is 0.306 e. The molecule has 10 nitrogen and oxygen atoms in total. The molecular weight excluding hydrogens is 506 g/mol. The van der Waals surface area contributed by atoms with E-state index in [9.17, 15) is 10.1 Å². The molecule has 11 heteroatoms. The number of methoxy groups -OCH3 is 1. The molecule has 0 amide bonds. The number of hydrogen-bond donors (Lipinski definition) is 0. The molecule has 0 atom stereocenters. The molecule has 2 aromatic heterocycles. The summed E-state index contributed by atoms with van der Waals surface area (Å²) in [6.45, 7) is 0.738. The van der Waals surface area contributed by atoms with Gasteiger partial charge in [-0.3, -0.25) is 14.8 Å². The van der Waals surface area contributed by atoms with Gasteiger partial charge in [-0.25, -0.2) is 0 Å². The van der Waals surface area contributed by atoms with Crippen molar-refractivity contribution in [3.63, 3.8) is 0 Å². The average molecular weight is 526 g/mol. The van der Waals surface area contributed by atoms with Gasteiger partial charge in [0.05, 0.1) is 12.0 Å². The van der Waals surface area contributed by atoms with Gasteiger partial charge >= 0.3 is 5.69 Å². The molecule has 0 radical (unpaired) electrons. The third-order valence-electron chi connectivity index (χ3n) is 4.80. The van der Waals surface area contributed by atoms with Crippen molar-refractivity contribution in [1.29, 1.82) is 0 Å². The minimum absolute atomic E-state index is 0.0600. The maximum Gasteiger partial charge on any atom is 0.306 e. The van der Waals surface area contributed by atoms with Crippen LogP contribution in [-0.2, 0) is 19.6 Å². The van der Waals surface area contributed by atoms with Crippen LogP contribution in [0.15, 0.2) is 63.7 Å². The Morgan fingerprint density at radius 3 is 2.74 bits per heavy atom. The summed E-state index contributed by atoms with van der Waals surface area (Å²) >= 11 is 3.41. The van der Waals surface area contributed by atoms with Crippen LogP contribution in [0.2, 0.25) is 0 Å². The number of nitro groups is 1. The van der Waals surface area contributed by atoms with E-state index in [4.69, 9.17) is 13.9 Å². The number of rotatable bonds is 10. The lowest BCUT2D eigenvalue weighted by molar-refractivity contribution is -0.385. The van der Waals surface area contributed by atoms with Crippen LogP contribution in [0.1, 0.15) is 22.9 Å². The van der Waals surface area contributed by atoms with E-state index < -0.39 is 4.92 Å². The Balaban J connectivity index is 1.38. The fraction of sp³-hybridized carbons (Fsp3) is 0.174. The van der Waals surface area contributed by atoms with E-state index in [1.165, 1.54) is 17.1 Å². The highest BCUT2D eigenvalue weighted by Crippen LogP contribution is 2.24. The molecule has 0 saturated heterocycles. The molecule has 4 aromatic rings. The highest BCUT2D eigenvalue weighted by molar-refractivity contribution is 9.10. The number of nitrogens with zero attached hydrogens (tertiary/aromatic N) is 5. The minimum Gasteiger partial charge on any atom is -0.496 e. The lowest BCUT2D eigenvalue weighted by atomic mass is 10.1. The summed E-state index contributed by atoms with van der Waals surface area (Å²) < 4.78 is 19.4. The molecule has 0 aliphatic carbocycles. The SMILES string of the molecule is COc1ccc(/C=C\c2nnc(CCn3cc([N+](=O)[O-])cn3)o2)cc1COc1ccc(Br)cc1. The molecule has 0 aliphatic heterocycles. The molecule has 2 heterocycles. The second kappa shape index (κ2) is 10.8. The van der Waals surface area contributed by atoms with Crippen molar-refractivity contribution >= 4 is 33.8 Å². The molecule has 0 aliphatic rings. The number of aryl methyl sites for hydroxylation is 2. The van der Waals surface area contributed by atoms with Gasteiger partial charge in [0.2, 0.25) is 11.8 Å². The van der Waals surface area contributed by atoms with Crippen molar-refractivity contribution in [1.82, 2.24) is 20.0 Å². The highest BCUT2D eigenvalue weighted by Gasteiger charge is 2.10. The summed E-state index contributed by atoms with van der Waals surface area (Å²) in [7, 11) is 1.62. The van der Waals surface area contributed by atoms with E-state index >= 15 is 0 Å². The van der Waals surface area contributed by atoms with Crippen LogP contribution >= 0.6 is 15.9 Å². The second-order valence-corrected chi connectivity index (χ2v) is 8.07. The monoisotopic (exact) mass is 525 g/mol. The van der Waals surface area contributed by atoms with E-state index in [-0.39, 0.29) is 5.69 Å². The first kappa shape index (κ1) is 23.2. The topological polar surface area (TPSA) is 118 Å². The Hall–Kier alpha value is -3.99. The molecule has 4 rings (SSSR count). The standard InChI is InChI=1S/C23H20BrN5O5/c1-32-21-8-2-16(12-17(21)15-33-20-6-4-18(24)5-7-20)3-9-22-26-27-23(34-22)10-11-28-14-19(13-25-28)29(30)31/h2-9,12-14H,10-11,15H2,1H3/b9-3-. The predicted molar refractivity (Wildman–Crippen MR) is 127 cm³/mol. The molecule has 34 heavy (non-hydrogen) atoms. The zero-order valence-electron chi connectivity index (χ0n) is 18.1. The minimum atomic E-state index is -0.489. The fourth-order valence-electron chi connectivity index (χ4n) is 3.09. The molecule has 0 spiro atoms. The molecule has 2 aromatic carbocycles. The lowest BCUT2D eigenvalue weighted by Gasteiger charge is -2.11. The maximum atomic E-state index is 10.7. The quantitative estimate of drug-likeness (QED) is 0.211. The van der Waals surface area contributed by atoms with E-state index in [2.05, 4.69) is 31.2 Å². The van der Waals surface area contributed by atoms with Crippen LogP contribution in [0.3, 0.4) is 0 Å². The molecule has 0 bridgehead atoms. The normalized spacial score (nSPS) is 11.1. The molecule has 174 valence electrons.